The lowest BCUT2D eigenvalue weighted by Gasteiger charge is -2.36. The molecular weight excluding hydrogens is 346 g/mol. The maximum atomic E-state index is 12.5. The topological polar surface area (TPSA) is 45.7 Å². The Hall–Kier alpha value is -2.08. The van der Waals surface area contributed by atoms with Gasteiger partial charge in [0.2, 0.25) is 5.91 Å². The van der Waals surface area contributed by atoms with Crippen molar-refractivity contribution in [2.24, 2.45) is 0 Å². The number of amides is 1. The molecule has 1 fully saturated rings. The molecule has 6 heteroatoms. The van der Waals surface area contributed by atoms with Crippen LogP contribution in [0.1, 0.15) is 36.9 Å². The zero-order valence-corrected chi connectivity index (χ0v) is 16.6. The van der Waals surface area contributed by atoms with E-state index in [1.807, 2.05) is 17.0 Å². The van der Waals surface area contributed by atoms with Crippen LogP contribution in [0.3, 0.4) is 0 Å². The van der Waals surface area contributed by atoms with Crippen LogP contribution in [-0.2, 0) is 11.2 Å². The van der Waals surface area contributed by atoms with Crippen LogP contribution in [0.15, 0.2) is 29.6 Å². The summed E-state index contributed by atoms with van der Waals surface area (Å²) in [4.78, 5) is 21.4. The van der Waals surface area contributed by atoms with Gasteiger partial charge in [-0.1, -0.05) is 13.8 Å². The number of aromatic nitrogens is 1. The first kappa shape index (κ1) is 18.7. The van der Waals surface area contributed by atoms with Gasteiger partial charge in [0.05, 0.1) is 17.8 Å². The predicted molar refractivity (Wildman–Crippen MR) is 106 cm³/mol. The summed E-state index contributed by atoms with van der Waals surface area (Å²) in [5.41, 5.74) is 2.31. The van der Waals surface area contributed by atoms with Crippen LogP contribution in [0.2, 0.25) is 0 Å². The number of anilines is 1. The van der Waals surface area contributed by atoms with Crippen molar-refractivity contribution in [2.45, 2.75) is 32.6 Å². The molecule has 140 valence electrons. The van der Waals surface area contributed by atoms with Crippen molar-refractivity contribution >= 4 is 22.9 Å². The maximum absolute atomic E-state index is 12.5. The van der Waals surface area contributed by atoms with Crippen LogP contribution in [0.4, 0.5) is 5.69 Å². The first-order chi connectivity index (χ1) is 12.6. The Labute approximate surface area is 159 Å². The molecule has 0 aliphatic carbocycles. The lowest BCUT2D eigenvalue weighted by molar-refractivity contribution is -0.131. The second-order valence-electron chi connectivity index (χ2n) is 6.89. The van der Waals surface area contributed by atoms with Crippen molar-refractivity contribution in [3.8, 4) is 5.75 Å². The second kappa shape index (κ2) is 8.54. The van der Waals surface area contributed by atoms with Gasteiger partial charge in [-0.15, -0.1) is 11.3 Å². The molecule has 1 saturated heterocycles. The molecule has 0 N–H and O–H groups in total. The van der Waals surface area contributed by atoms with E-state index in [2.05, 4.69) is 41.2 Å². The van der Waals surface area contributed by atoms with E-state index in [1.165, 1.54) is 5.69 Å². The Kier molecular flexibility index (Phi) is 6.14. The molecule has 0 bridgehead atoms. The number of carbonyl (C=O) groups is 1. The number of ether oxygens (including phenoxy) is 1. The lowest BCUT2D eigenvalue weighted by atomic mass is 10.2. The second-order valence-corrected chi connectivity index (χ2v) is 7.83. The number of hydrogen-bond acceptors (Lipinski definition) is 5. The van der Waals surface area contributed by atoms with Crippen LogP contribution < -0.4 is 9.64 Å². The summed E-state index contributed by atoms with van der Waals surface area (Å²) in [5, 5.41) is 3.18. The number of carbonyl (C=O) groups excluding carboxylic acids is 1. The van der Waals surface area contributed by atoms with Crippen LogP contribution in [-0.4, -0.2) is 49.1 Å². The van der Waals surface area contributed by atoms with Crippen LogP contribution >= 0.6 is 11.3 Å². The number of hydrogen-bond donors (Lipinski definition) is 0. The fourth-order valence-electron chi connectivity index (χ4n) is 3.08. The molecule has 1 aliphatic heterocycles. The first-order valence-electron chi connectivity index (χ1n) is 9.18. The molecule has 1 aromatic carbocycles. The van der Waals surface area contributed by atoms with Crippen molar-refractivity contribution in [3.05, 3.63) is 40.3 Å². The minimum absolute atomic E-state index is 0.237. The summed E-state index contributed by atoms with van der Waals surface area (Å²) in [6, 6.07) is 8.11. The Balaban J connectivity index is 1.46. The molecule has 2 aromatic rings. The fraction of sp³-hybridized carbons (Fsp3) is 0.500. The Morgan fingerprint density at radius 1 is 1.19 bits per heavy atom. The number of aryl methyl sites for hydroxylation is 1. The average molecular weight is 374 g/mol. The molecule has 5 nitrogen and oxygen atoms in total. The van der Waals surface area contributed by atoms with Gasteiger partial charge in [-0.25, -0.2) is 4.98 Å². The molecule has 0 spiro atoms. The van der Waals surface area contributed by atoms with E-state index in [0.717, 1.165) is 49.1 Å². The van der Waals surface area contributed by atoms with Gasteiger partial charge in [-0.2, -0.15) is 0 Å². The molecule has 1 aliphatic rings. The molecule has 0 unspecified atom stereocenters. The molecule has 1 aromatic heterocycles. The molecule has 26 heavy (non-hydrogen) atoms. The van der Waals surface area contributed by atoms with Gasteiger partial charge >= 0.3 is 0 Å². The van der Waals surface area contributed by atoms with Crippen LogP contribution in [0.25, 0.3) is 0 Å². The van der Waals surface area contributed by atoms with Crippen molar-refractivity contribution in [1.82, 2.24) is 9.88 Å². The molecule has 2 heterocycles. The number of methoxy groups -OCH3 is 1. The summed E-state index contributed by atoms with van der Waals surface area (Å²) in [6.07, 6.45) is 1.29. The van der Waals surface area contributed by atoms with Gasteiger partial charge in [-0.05, 0) is 30.2 Å². The number of benzene rings is 1. The van der Waals surface area contributed by atoms with Crippen molar-refractivity contribution in [3.63, 3.8) is 0 Å². The highest BCUT2D eigenvalue weighted by molar-refractivity contribution is 7.09. The molecule has 0 radical (unpaired) electrons. The lowest BCUT2D eigenvalue weighted by Crippen LogP contribution is -2.48. The smallest absolute Gasteiger partial charge is 0.223 e. The van der Waals surface area contributed by atoms with E-state index in [1.54, 1.807) is 18.4 Å². The van der Waals surface area contributed by atoms with Gasteiger partial charge in [0.1, 0.15) is 5.75 Å². The zero-order chi connectivity index (χ0) is 18.5. The molecule has 1 amide bonds. The molecule has 3 rings (SSSR count). The minimum Gasteiger partial charge on any atom is -0.497 e. The third-order valence-electron chi connectivity index (χ3n) is 4.78. The number of rotatable bonds is 6. The highest BCUT2D eigenvalue weighted by Crippen LogP contribution is 2.21. The maximum Gasteiger partial charge on any atom is 0.223 e. The monoisotopic (exact) mass is 373 g/mol. The van der Waals surface area contributed by atoms with E-state index < -0.39 is 0 Å². The Bertz CT molecular complexity index is 719. The van der Waals surface area contributed by atoms with E-state index in [9.17, 15) is 4.79 Å². The normalized spacial score (nSPS) is 14.8. The van der Waals surface area contributed by atoms with Gasteiger partial charge in [-0.3, -0.25) is 4.79 Å². The van der Waals surface area contributed by atoms with E-state index in [0.29, 0.717) is 12.3 Å². The highest BCUT2D eigenvalue weighted by atomic mass is 32.1. The molecular formula is C20H27N3O2S. The summed E-state index contributed by atoms with van der Waals surface area (Å²) in [5.74, 6) is 1.55. The third-order valence-corrected chi connectivity index (χ3v) is 5.71. The fourth-order valence-corrected chi connectivity index (χ4v) is 4.04. The highest BCUT2D eigenvalue weighted by Gasteiger charge is 2.21. The average Bonchev–Trinajstić information content (AvgIpc) is 3.16. The quantitative estimate of drug-likeness (QED) is 0.777. The van der Waals surface area contributed by atoms with Crippen molar-refractivity contribution in [1.29, 1.82) is 0 Å². The third kappa shape index (κ3) is 4.55. The van der Waals surface area contributed by atoms with Gasteiger partial charge in [0, 0.05) is 50.1 Å². The van der Waals surface area contributed by atoms with Crippen molar-refractivity contribution in [2.75, 3.05) is 38.2 Å². The van der Waals surface area contributed by atoms with E-state index in [-0.39, 0.29) is 5.91 Å². The number of thiazole rings is 1. The largest absolute Gasteiger partial charge is 0.497 e. The van der Waals surface area contributed by atoms with Crippen LogP contribution in [0.5, 0.6) is 5.75 Å². The first-order valence-corrected chi connectivity index (χ1v) is 10.1. The molecule has 0 saturated carbocycles. The summed E-state index contributed by atoms with van der Waals surface area (Å²) in [7, 11) is 1.68. The van der Waals surface area contributed by atoms with Crippen molar-refractivity contribution < 1.29 is 9.53 Å². The van der Waals surface area contributed by atoms with E-state index in [4.69, 9.17) is 4.74 Å². The SMILES string of the molecule is COc1ccc(N2CCN(C(=O)CCc3nc(C(C)C)cs3)CC2)cc1. The summed E-state index contributed by atoms with van der Waals surface area (Å²) >= 11 is 1.67. The molecule has 0 atom stereocenters. The van der Waals surface area contributed by atoms with E-state index >= 15 is 0 Å². The Morgan fingerprint density at radius 3 is 2.46 bits per heavy atom. The number of piperazine rings is 1. The summed E-state index contributed by atoms with van der Waals surface area (Å²) in [6.45, 7) is 7.58. The van der Waals surface area contributed by atoms with Gasteiger partial charge in [0.25, 0.3) is 0 Å². The standard InChI is InChI=1S/C20H27N3O2S/c1-15(2)18-14-26-19(21-18)8-9-20(24)23-12-10-22(11-13-23)16-4-6-17(25-3)7-5-16/h4-7,14-15H,8-13H2,1-3H3. The minimum atomic E-state index is 0.237. The van der Waals surface area contributed by atoms with Crippen LogP contribution in [0, 0.1) is 0 Å². The zero-order valence-electron chi connectivity index (χ0n) is 15.8. The predicted octanol–water partition coefficient (Wildman–Crippen LogP) is 3.56. The summed E-state index contributed by atoms with van der Waals surface area (Å²) < 4.78 is 5.21. The number of nitrogens with zero attached hydrogens (tertiary/aromatic N) is 3. The Morgan fingerprint density at radius 2 is 1.88 bits per heavy atom. The van der Waals surface area contributed by atoms with Gasteiger partial charge in [0.15, 0.2) is 0 Å². The van der Waals surface area contributed by atoms with Gasteiger partial charge < -0.3 is 14.5 Å².